The van der Waals surface area contributed by atoms with Gasteiger partial charge >= 0.3 is 5.97 Å². The van der Waals surface area contributed by atoms with Crippen molar-refractivity contribution in [3.8, 4) is 0 Å². The van der Waals surface area contributed by atoms with Crippen molar-refractivity contribution in [3.05, 3.63) is 12.7 Å². The molecule has 1 saturated heterocycles. The van der Waals surface area contributed by atoms with Crippen molar-refractivity contribution < 1.29 is 9.90 Å². The van der Waals surface area contributed by atoms with Gasteiger partial charge in [-0.25, -0.2) is 0 Å². The lowest BCUT2D eigenvalue weighted by Gasteiger charge is -2.29. The number of aliphatic carboxylic acids is 1. The van der Waals surface area contributed by atoms with Crippen LogP contribution >= 0.6 is 0 Å². The highest BCUT2D eigenvalue weighted by Gasteiger charge is 2.23. The molecule has 3 nitrogen and oxygen atoms in total. The Balaban J connectivity index is 2.15. The fourth-order valence-electron chi connectivity index (χ4n) is 1.86. The minimum absolute atomic E-state index is 0.106. The molecular weight excluding hydrogens is 178 g/mol. The second kappa shape index (κ2) is 5.81. The Labute approximate surface area is 85.4 Å². The van der Waals surface area contributed by atoms with Crippen molar-refractivity contribution >= 4 is 5.97 Å². The third kappa shape index (κ3) is 3.50. The number of piperidine rings is 1. The first-order valence-corrected chi connectivity index (χ1v) is 5.30. The van der Waals surface area contributed by atoms with Crippen LogP contribution in [0.2, 0.25) is 0 Å². The average Bonchev–Trinajstić information content (AvgIpc) is 2.19. The first-order chi connectivity index (χ1) is 6.74. The Morgan fingerprint density at radius 3 is 2.64 bits per heavy atom. The summed E-state index contributed by atoms with van der Waals surface area (Å²) in [5.74, 6) is -0.735. The van der Waals surface area contributed by atoms with E-state index in [-0.39, 0.29) is 5.92 Å². The summed E-state index contributed by atoms with van der Waals surface area (Å²) in [4.78, 5) is 13.0. The molecular formula is C11H19NO2. The van der Waals surface area contributed by atoms with Gasteiger partial charge in [-0.1, -0.05) is 6.08 Å². The summed E-state index contributed by atoms with van der Waals surface area (Å²) in [6.45, 7) is 6.64. The van der Waals surface area contributed by atoms with Crippen LogP contribution < -0.4 is 0 Å². The molecule has 14 heavy (non-hydrogen) atoms. The van der Waals surface area contributed by atoms with Crippen LogP contribution in [-0.4, -0.2) is 35.6 Å². The predicted octanol–water partition coefficient (Wildman–Crippen LogP) is 1.75. The van der Waals surface area contributed by atoms with Crippen molar-refractivity contribution in [2.45, 2.75) is 25.7 Å². The second-order valence-electron chi connectivity index (χ2n) is 3.89. The zero-order valence-electron chi connectivity index (χ0n) is 8.61. The smallest absolute Gasteiger partial charge is 0.306 e. The number of hydrogen-bond acceptors (Lipinski definition) is 2. The van der Waals surface area contributed by atoms with Crippen molar-refractivity contribution in [2.24, 2.45) is 5.92 Å². The van der Waals surface area contributed by atoms with Gasteiger partial charge < -0.3 is 10.0 Å². The van der Waals surface area contributed by atoms with Gasteiger partial charge in [-0.05, 0) is 45.3 Å². The maximum Gasteiger partial charge on any atom is 0.306 e. The number of allylic oxidation sites excluding steroid dienone is 1. The van der Waals surface area contributed by atoms with Crippen LogP contribution in [0.25, 0.3) is 0 Å². The van der Waals surface area contributed by atoms with E-state index in [0.29, 0.717) is 0 Å². The van der Waals surface area contributed by atoms with Crippen molar-refractivity contribution in [3.63, 3.8) is 0 Å². The molecule has 1 heterocycles. The van der Waals surface area contributed by atoms with E-state index in [9.17, 15) is 4.79 Å². The molecule has 3 heteroatoms. The highest BCUT2D eigenvalue weighted by atomic mass is 16.4. The Bertz CT molecular complexity index is 195. The summed E-state index contributed by atoms with van der Waals surface area (Å²) in [6.07, 6.45) is 5.75. The monoisotopic (exact) mass is 197 g/mol. The third-order valence-electron chi connectivity index (χ3n) is 2.82. The van der Waals surface area contributed by atoms with Crippen LogP contribution in [0.15, 0.2) is 12.7 Å². The van der Waals surface area contributed by atoms with Gasteiger partial charge in [0.25, 0.3) is 0 Å². The number of hydrogen-bond donors (Lipinski definition) is 1. The van der Waals surface area contributed by atoms with E-state index in [0.717, 1.165) is 45.3 Å². The summed E-state index contributed by atoms with van der Waals surface area (Å²) < 4.78 is 0. The van der Waals surface area contributed by atoms with Crippen molar-refractivity contribution in [1.29, 1.82) is 0 Å². The SMILES string of the molecule is C=CCCCN1CCC(C(=O)O)CC1. The number of carbonyl (C=O) groups is 1. The van der Waals surface area contributed by atoms with Gasteiger partial charge in [-0.2, -0.15) is 0 Å². The molecule has 0 bridgehead atoms. The van der Waals surface area contributed by atoms with Gasteiger partial charge in [-0.3, -0.25) is 4.79 Å². The lowest BCUT2D eigenvalue weighted by atomic mass is 9.97. The second-order valence-corrected chi connectivity index (χ2v) is 3.89. The van der Waals surface area contributed by atoms with Crippen LogP contribution in [0.1, 0.15) is 25.7 Å². The standard InChI is InChI=1S/C11H19NO2/c1-2-3-4-7-12-8-5-10(6-9-12)11(13)14/h2,10H,1,3-9H2,(H,13,14). The topological polar surface area (TPSA) is 40.5 Å². The summed E-state index contributed by atoms with van der Waals surface area (Å²) in [7, 11) is 0. The van der Waals surface area contributed by atoms with Gasteiger partial charge in [-0.15, -0.1) is 6.58 Å². The Morgan fingerprint density at radius 1 is 1.50 bits per heavy atom. The molecule has 0 aromatic carbocycles. The molecule has 0 amide bonds. The van der Waals surface area contributed by atoms with E-state index in [2.05, 4.69) is 11.5 Å². The minimum Gasteiger partial charge on any atom is -0.481 e. The Morgan fingerprint density at radius 2 is 2.14 bits per heavy atom. The fourth-order valence-corrected chi connectivity index (χ4v) is 1.86. The fraction of sp³-hybridized carbons (Fsp3) is 0.727. The maximum absolute atomic E-state index is 10.7. The number of carboxylic acids is 1. The maximum atomic E-state index is 10.7. The first-order valence-electron chi connectivity index (χ1n) is 5.30. The number of likely N-dealkylation sites (tertiary alicyclic amines) is 1. The number of nitrogens with zero attached hydrogens (tertiary/aromatic N) is 1. The van der Waals surface area contributed by atoms with E-state index in [1.807, 2.05) is 6.08 Å². The molecule has 1 aliphatic heterocycles. The van der Waals surface area contributed by atoms with E-state index < -0.39 is 5.97 Å². The lowest BCUT2D eigenvalue weighted by molar-refractivity contribution is -0.143. The van der Waals surface area contributed by atoms with E-state index >= 15 is 0 Å². The highest BCUT2D eigenvalue weighted by Crippen LogP contribution is 2.17. The summed E-state index contributed by atoms with van der Waals surface area (Å²) >= 11 is 0. The minimum atomic E-state index is -0.629. The van der Waals surface area contributed by atoms with Crippen LogP contribution in [0.3, 0.4) is 0 Å². The summed E-state index contributed by atoms with van der Waals surface area (Å²) in [5, 5.41) is 8.81. The Kier molecular flexibility index (Phi) is 4.66. The van der Waals surface area contributed by atoms with Crippen LogP contribution in [-0.2, 0) is 4.79 Å². The molecule has 80 valence electrons. The zero-order chi connectivity index (χ0) is 10.4. The molecule has 1 aliphatic rings. The largest absolute Gasteiger partial charge is 0.481 e. The van der Waals surface area contributed by atoms with E-state index in [1.165, 1.54) is 0 Å². The molecule has 1 rings (SSSR count). The van der Waals surface area contributed by atoms with E-state index in [4.69, 9.17) is 5.11 Å². The molecule has 0 aromatic rings. The predicted molar refractivity (Wildman–Crippen MR) is 56.2 cm³/mol. The van der Waals surface area contributed by atoms with Crippen LogP contribution in [0.5, 0.6) is 0 Å². The first kappa shape index (κ1) is 11.2. The van der Waals surface area contributed by atoms with Gasteiger partial charge in [0, 0.05) is 0 Å². The number of rotatable bonds is 5. The van der Waals surface area contributed by atoms with Crippen molar-refractivity contribution in [1.82, 2.24) is 4.90 Å². The lowest BCUT2D eigenvalue weighted by Crippen LogP contribution is -2.36. The molecule has 0 unspecified atom stereocenters. The van der Waals surface area contributed by atoms with Gasteiger partial charge in [0.05, 0.1) is 5.92 Å². The van der Waals surface area contributed by atoms with Crippen molar-refractivity contribution in [2.75, 3.05) is 19.6 Å². The number of unbranched alkanes of at least 4 members (excludes halogenated alkanes) is 1. The Hall–Kier alpha value is -0.830. The molecule has 1 fully saturated rings. The van der Waals surface area contributed by atoms with Gasteiger partial charge in [0.15, 0.2) is 0 Å². The molecule has 1 N–H and O–H groups in total. The molecule has 0 radical (unpaired) electrons. The van der Waals surface area contributed by atoms with Gasteiger partial charge in [0.2, 0.25) is 0 Å². The molecule has 0 saturated carbocycles. The molecule has 0 atom stereocenters. The summed E-state index contributed by atoms with van der Waals surface area (Å²) in [5.41, 5.74) is 0. The number of carboxylic acid groups (broad SMARTS) is 1. The normalized spacial score (nSPS) is 19.4. The molecule has 0 aliphatic carbocycles. The quantitative estimate of drug-likeness (QED) is 0.539. The highest BCUT2D eigenvalue weighted by molar-refractivity contribution is 5.70. The van der Waals surface area contributed by atoms with E-state index in [1.54, 1.807) is 0 Å². The zero-order valence-corrected chi connectivity index (χ0v) is 8.61. The molecule has 0 aromatic heterocycles. The molecule has 0 spiro atoms. The van der Waals surface area contributed by atoms with Crippen LogP contribution in [0, 0.1) is 5.92 Å². The summed E-state index contributed by atoms with van der Waals surface area (Å²) in [6, 6.07) is 0. The third-order valence-corrected chi connectivity index (χ3v) is 2.82. The van der Waals surface area contributed by atoms with Crippen LogP contribution in [0.4, 0.5) is 0 Å². The average molecular weight is 197 g/mol. The van der Waals surface area contributed by atoms with Gasteiger partial charge in [0.1, 0.15) is 0 Å².